The quantitative estimate of drug-likeness (QED) is 0.566. The van der Waals surface area contributed by atoms with Crippen LogP contribution < -0.4 is 4.72 Å². The summed E-state index contributed by atoms with van der Waals surface area (Å²) in [5.74, 6) is -0.764. The fourth-order valence-corrected chi connectivity index (χ4v) is 4.05. The fourth-order valence-electron chi connectivity index (χ4n) is 2.88. The zero-order valence-electron chi connectivity index (χ0n) is 14.2. The van der Waals surface area contributed by atoms with Gasteiger partial charge in [0, 0.05) is 23.6 Å². The molecule has 0 aliphatic heterocycles. The third-order valence-corrected chi connectivity index (χ3v) is 5.30. The van der Waals surface area contributed by atoms with Gasteiger partial charge in [0.05, 0.1) is 11.4 Å². The van der Waals surface area contributed by atoms with Gasteiger partial charge in [0.2, 0.25) is 10.0 Å². The summed E-state index contributed by atoms with van der Waals surface area (Å²) in [6.07, 6.45) is 3.78. The Hall–Kier alpha value is -3.19. The van der Waals surface area contributed by atoms with Gasteiger partial charge in [-0.2, -0.15) is 0 Å². The summed E-state index contributed by atoms with van der Waals surface area (Å²) in [5.41, 5.74) is 3.17. The van der Waals surface area contributed by atoms with Crippen LogP contribution in [0.4, 0.5) is 10.1 Å². The van der Waals surface area contributed by atoms with E-state index in [0.29, 0.717) is 11.3 Å². The average Bonchev–Trinajstić information content (AvgIpc) is 3.05. The monoisotopic (exact) mass is 381 g/mol. The van der Waals surface area contributed by atoms with E-state index in [0.717, 1.165) is 16.9 Å². The number of pyridine rings is 1. The van der Waals surface area contributed by atoms with Crippen LogP contribution in [0.25, 0.3) is 16.9 Å². The van der Waals surface area contributed by atoms with Gasteiger partial charge in [-0.1, -0.05) is 30.3 Å². The van der Waals surface area contributed by atoms with E-state index in [-0.39, 0.29) is 5.75 Å². The van der Waals surface area contributed by atoms with Crippen molar-refractivity contribution in [1.82, 2.24) is 9.38 Å². The summed E-state index contributed by atoms with van der Waals surface area (Å²) in [6, 6.07) is 18.3. The number of anilines is 1. The molecule has 4 rings (SSSR count). The van der Waals surface area contributed by atoms with Crippen LogP contribution in [-0.2, 0) is 15.8 Å². The molecule has 0 spiro atoms. The highest BCUT2D eigenvalue weighted by Crippen LogP contribution is 2.23. The summed E-state index contributed by atoms with van der Waals surface area (Å²) in [5, 5.41) is 0. The molecule has 2 aromatic carbocycles. The Morgan fingerprint density at radius 2 is 1.85 bits per heavy atom. The van der Waals surface area contributed by atoms with Gasteiger partial charge in [-0.25, -0.2) is 17.8 Å². The van der Waals surface area contributed by atoms with Gasteiger partial charge in [-0.3, -0.25) is 4.72 Å². The number of imidazole rings is 1. The molecule has 0 unspecified atom stereocenters. The SMILES string of the molecule is O=S(=O)(Cc1cccc(F)c1)Nc1cccc(-c2cn3ccccc3n2)c1. The molecule has 0 radical (unpaired) electrons. The normalized spacial score (nSPS) is 11.6. The summed E-state index contributed by atoms with van der Waals surface area (Å²) in [7, 11) is -3.67. The van der Waals surface area contributed by atoms with Crippen LogP contribution in [0.15, 0.2) is 79.1 Å². The zero-order valence-corrected chi connectivity index (χ0v) is 15.0. The lowest BCUT2D eigenvalue weighted by atomic mass is 10.1. The second-order valence-corrected chi connectivity index (χ2v) is 7.89. The number of hydrogen-bond donors (Lipinski definition) is 1. The van der Waals surface area contributed by atoms with Crippen molar-refractivity contribution < 1.29 is 12.8 Å². The Balaban J connectivity index is 1.58. The van der Waals surface area contributed by atoms with Gasteiger partial charge in [-0.15, -0.1) is 0 Å². The Morgan fingerprint density at radius 3 is 2.67 bits per heavy atom. The fraction of sp³-hybridized carbons (Fsp3) is 0.0500. The second-order valence-electron chi connectivity index (χ2n) is 6.16. The first-order chi connectivity index (χ1) is 13.0. The molecule has 0 bridgehead atoms. The van der Waals surface area contributed by atoms with E-state index in [4.69, 9.17) is 0 Å². The molecule has 0 aliphatic carbocycles. The number of aromatic nitrogens is 2. The number of halogens is 1. The lowest BCUT2D eigenvalue weighted by Crippen LogP contribution is -2.15. The Labute approximate surface area is 156 Å². The van der Waals surface area contributed by atoms with E-state index in [2.05, 4.69) is 9.71 Å². The number of rotatable bonds is 5. The largest absolute Gasteiger partial charge is 0.306 e. The van der Waals surface area contributed by atoms with Crippen molar-refractivity contribution >= 4 is 21.4 Å². The van der Waals surface area contributed by atoms with E-state index < -0.39 is 15.8 Å². The molecule has 1 N–H and O–H groups in total. The number of sulfonamides is 1. The van der Waals surface area contributed by atoms with Gasteiger partial charge in [-0.05, 0) is 42.0 Å². The van der Waals surface area contributed by atoms with Crippen molar-refractivity contribution in [2.75, 3.05) is 4.72 Å². The summed E-state index contributed by atoms with van der Waals surface area (Å²) in [4.78, 5) is 4.54. The summed E-state index contributed by atoms with van der Waals surface area (Å²) in [6.45, 7) is 0. The highest BCUT2D eigenvalue weighted by molar-refractivity contribution is 7.91. The molecule has 0 amide bonds. The van der Waals surface area contributed by atoms with Crippen molar-refractivity contribution in [3.63, 3.8) is 0 Å². The number of fused-ring (bicyclic) bond motifs is 1. The minimum Gasteiger partial charge on any atom is -0.306 e. The van der Waals surface area contributed by atoms with Crippen LogP contribution in [0.5, 0.6) is 0 Å². The van der Waals surface area contributed by atoms with Gasteiger partial charge >= 0.3 is 0 Å². The van der Waals surface area contributed by atoms with Gasteiger partial charge in [0.1, 0.15) is 11.5 Å². The van der Waals surface area contributed by atoms with E-state index in [1.807, 2.05) is 41.1 Å². The predicted octanol–water partition coefficient (Wildman–Crippen LogP) is 4.08. The molecular weight excluding hydrogens is 365 g/mol. The maximum absolute atomic E-state index is 13.3. The molecule has 7 heteroatoms. The first kappa shape index (κ1) is 17.2. The highest BCUT2D eigenvalue weighted by atomic mass is 32.2. The minimum absolute atomic E-state index is 0.302. The molecule has 0 atom stereocenters. The van der Waals surface area contributed by atoms with Crippen LogP contribution in [0.3, 0.4) is 0 Å². The molecule has 136 valence electrons. The van der Waals surface area contributed by atoms with E-state index in [9.17, 15) is 12.8 Å². The first-order valence-electron chi connectivity index (χ1n) is 8.28. The van der Waals surface area contributed by atoms with E-state index in [1.54, 1.807) is 24.3 Å². The van der Waals surface area contributed by atoms with Crippen molar-refractivity contribution in [2.45, 2.75) is 5.75 Å². The molecule has 2 heterocycles. The van der Waals surface area contributed by atoms with Crippen LogP contribution >= 0.6 is 0 Å². The van der Waals surface area contributed by atoms with Gasteiger partial charge in [0.25, 0.3) is 0 Å². The topological polar surface area (TPSA) is 63.5 Å². The molecular formula is C20H16FN3O2S. The molecule has 2 aromatic heterocycles. The average molecular weight is 381 g/mol. The summed E-state index contributed by atoms with van der Waals surface area (Å²) >= 11 is 0. The third-order valence-electron chi connectivity index (χ3n) is 4.04. The summed E-state index contributed by atoms with van der Waals surface area (Å²) < 4.78 is 42.5. The van der Waals surface area contributed by atoms with Gasteiger partial charge < -0.3 is 4.40 Å². The first-order valence-corrected chi connectivity index (χ1v) is 9.93. The molecule has 27 heavy (non-hydrogen) atoms. The number of nitrogens with one attached hydrogen (secondary N) is 1. The molecule has 0 fully saturated rings. The third kappa shape index (κ3) is 3.98. The maximum Gasteiger partial charge on any atom is 0.236 e. The van der Waals surface area contributed by atoms with E-state index >= 15 is 0 Å². The molecule has 0 aliphatic rings. The van der Waals surface area contributed by atoms with Crippen molar-refractivity contribution in [2.24, 2.45) is 0 Å². The Kier molecular flexibility index (Phi) is 4.37. The van der Waals surface area contributed by atoms with Crippen LogP contribution in [0.2, 0.25) is 0 Å². The van der Waals surface area contributed by atoms with Crippen molar-refractivity contribution in [3.8, 4) is 11.3 Å². The van der Waals surface area contributed by atoms with E-state index in [1.165, 1.54) is 18.2 Å². The maximum atomic E-state index is 13.3. The van der Waals surface area contributed by atoms with Crippen LogP contribution in [-0.4, -0.2) is 17.8 Å². The standard InChI is InChI=1S/C20H16FN3O2S/c21-17-7-3-5-15(11-17)14-27(25,26)23-18-8-4-6-16(12-18)19-13-24-10-2-1-9-20(24)22-19/h1-13,23H,14H2. The highest BCUT2D eigenvalue weighted by Gasteiger charge is 2.13. The number of benzene rings is 2. The minimum atomic E-state index is -3.67. The Bertz CT molecular complexity index is 1190. The smallest absolute Gasteiger partial charge is 0.236 e. The Morgan fingerprint density at radius 1 is 1.00 bits per heavy atom. The number of hydrogen-bond acceptors (Lipinski definition) is 3. The van der Waals surface area contributed by atoms with Gasteiger partial charge in [0.15, 0.2) is 0 Å². The van der Waals surface area contributed by atoms with Crippen molar-refractivity contribution in [3.05, 3.63) is 90.5 Å². The molecule has 0 saturated heterocycles. The van der Waals surface area contributed by atoms with Crippen LogP contribution in [0, 0.1) is 5.82 Å². The van der Waals surface area contributed by atoms with Crippen molar-refractivity contribution in [1.29, 1.82) is 0 Å². The molecule has 0 saturated carbocycles. The second kappa shape index (κ2) is 6.85. The zero-order chi connectivity index (χ0) is 18.9. The predicted molar refractivity (Wildman–Crippen MR) is 103 cm³/mol. The lowest BCUT2D eigenvalue weighted by molar-refractivity contribution is 0.599. The van der Waals surface area contributed by atoms with Crippen LogP contribution in [0.1, 0.15) is 5.56 Å². The lowest BCUT2D eigenvalue weighted by Gasteiger charge is -2.09. The molecule has 5 nitrogen and oxygen atoms in total. The molecule has 4 aromatic rings. The number of nitrogens with zero attached hydrogens (tertiary/aromatic N) is 2.